The first-order chi connectivity index (χ1) is 9.91. The molecule has 0 spiro atoms. The van der Waals surface area contributed by atoms with Crippen molar-refractivity contribution in [2.75, 3.05) is 0 Å². The molecule has 0 bridgehead atoms. The summed E-state index contributed by atoms with van der Waals surface area (Å²) in [6.07, 6.45) is -0.695. The van der Waals surface area contributed by atoms with Gasteiger partial charge in [0.1, 0.15) is 12.0 Å². The Morgan fingerprint density at radius 3 is 1.55 bits per heavy atom. The van der Waals surface area contributed by atoms with Gasteiger partial charge in [-0.2, -0.15) is 0 Å². The molecule has 0 fully saturated rings. The van der Waals surface area contributed by atoms with Gasteiger partial charge in [0, 0.05) is 10.8 Å². The Labute approximate surface area is 131 Å². The maximum absolute atomic E-state index is 13.1. The molecule has 0 atom stereocenters. The first kappa shape index (κ1) is 18.1. The summed E-state index contributed by atoms with van der Waals surface area (Å²) in [6.45, 7) is 10.7. The van der Waals surface area contributed by atoms with Crippen LogP contribution in [-0.2, 0) is 9.59 Å². The number of hydrogen-bond donors (Lipinski definition) is 2. The number of nitrogens with one attached hydrogen (secondary N) is 2. The van der Waals surface area contributed by atoms with E-state index in [0.29, 0.717) is 5.56 Å². The SMILES string of the molecule is CC(C)(C)C(=O)NC(NC(=O)C(C)(C)C)c1ccc(F)cc1. The van der Waals surface area contributed by atoms with Gasteiger partial charge in [-0.1, -0.05) is 53.7 Å². The van der Waals surface area contributed by atoms with Crippen LogP contribution in [0.1, 0.15) is 53.3 Å². The van der Waals surface area contributed by atoms with Crippen molar-refractivity contribution in [1.29, 1.82) is 0 Å². The maximum Gasteiger partial charge on any atom is 0.227 e. The first-order valence-corrected chi connectivity index (χ1v) is 7.28. The van der Waals surface area contributed by atoms with Crippen LogP contribution in [0.2, 0.25) is 0 Å². The number of hydrogen-bond acceptors (Lipinski definition) is 2. The van der Waals surface area contributed by atoms with Gasteiger partial charge in [-0.3, -0.25) is 9.59 Å². The standard InChI is InChI=1S/C17H25FN2O2/c1-16(2,3)14(21)19-13(20-15(22)17(4,5)6)11-7-9-12(18)10-8-11/h7-10,13H,1-6H3,(H,19,21)(H,20,22). The van der Waals surface area contributed by atoms with Crippen molar-refractivity contribution in [3.8, 4) is 0 Å². The molecule has 0 saturated heterocycles. The fraction of sp³-hybridized carbons (Fsp3) is 0.529. The van der Waals surface area contributed by atoms with E-state index in [4.69, 9.17) is 0 Å². The highest BCUT2D eigenvalue weighted by Crippen LogP contribution is 2.20. The van der Waals surface area contributed by atoms with Crippen LogP contribution >= 0.6 is 0 Å². The molecule has 2 N–H and O–H groups in total. The zero-order valence-electron chi connectivity index (χ0n) is 14.1. The van der Waals surface area contributed by atoms with Gasteiger partial charge in [0.15, 0.2) is 0 Å². The molecule has 0 aliphatic carbocycles. The zero-order chi connectivity index (χ0) is 17.1. The van der Waals surface area contributed by atoms with Crippen molar-refractivity contribution >= 4 is 11.8 Å². The predicted molar refractivity (Wildman–Crippen MR) is 84.3 cm³/mol. The minimum atomic E-state index is -0.695. The molecular weight excluding hydrogens is 283 g/mol. The summed E-state index contributed by atoms with van der Waals surface area (Å²) in [5.41, 5.74) is -0.563. The molecule has 0 aromatic heterocycles. The van der Waals surface area contributed by atoms with Gasteiger partial charge in [-0.05, 0) is 17.7 Å². The normalized spacial score (nSPS) is 12.2. The van der Waals surface area contributed by atoms with E-state index in [2.05, 4.69) is 10.6 Å². The third kappa shape index (κ3) is 5.13. The van der Waals surface area contributed by atoms with Crippen LogP contribution in [0.15, 0.2) is 24.3 Å². The van der Waals surface area contributed by atoms with Gasteiger partial charge >= 0.3 is 0 Å². The summed E-state index contributed by atoms with van der Waals surface area (Å²) >= 11 is 0. The van der Waals surface area contributed by atoms with Gasteiger partial charge < -0.3 is 10.6 Å². The topological polar surface area (TPSA) is 58.2 Å². The third-order valence-electron chi connectivity index (χ3n) is 3.12. The van der Waals surface area contributed by atoms with Crippen LogP contribution in [0.3, 0.4) is 0 Å². The molecule has 0 saturated carbocycles. The molecule has 122 valence electrons. The molecule has 0 radical (unpaired) electrons. The molecule has 0 unspecified atom stereocenters. The molecule has 2 amide bonds. The van der Waals surface area contributed by atoms with Crippen LogP contribution in [0.5, 0.6) is 0 Å². The summed E-state index contributed by atoms with van der Waals surface area (Å²) in [4.78, 5) is 24.4. The first-order valence-electron chi connectivity index (χ1n) is 7.28. The minimum absolute atomic E-state index is 0.198. The highest BCUT2D eigenvalue weighted by atomic mass is 19.1. The van der Waals surface area contributed by atoms with Crippen LogP contribution in [-0.4, -0.2) is 11.8 Å². The second-order valence-corrected chi connectivity index (χ2v) is 7.43. The fourth-order valence-electron chi connectivity index (χ4n) is 1.55. The molecule has 4 nitrogen and oxygen atoms in total. The van der Waals surface area contributed by atoms with Gasteiger partial charge in [0.2, 0.25) is 11.8 Å². The van der Waals surface area contributed by atoms with E-state index in [1.54, 1.807) is 53.7 Å². The number of carbonyl (C=O) groups is 2. The van der Waals surface area contributed by atoms with Crippen molar-refractivity contribution in [3.05, 3.63) is 35.6 Å². The average Bonchev–Trinajstić information content (AvgIpc) is 2.36. The largest absolute Gasteiger partial charge is 0.332 e. The number of carbonyl (C=O) groups excluding carboxylic acids is 2. The molecule has 0 heterocycles. The molecule has 22 heavy (non-hydrogen) atoms. The summed E-state index contributed by atoms with van der Waals surface area (Å²) in [5.74, 6) is -0.765. The van der Waals surface area contributed by atoms with Crippen LogP contribution < -0.4 is 10.6 Å². The lowest BCUT2D eigenvalue weighted by Crippen LogP contribution is -2.47. The lowest BCUT2D eigenvalue weighted by molar-refractivity contribution is -0.132. The molecule has 0 aliphatic heterocycles. The van der Waals surface area contributed by atoms with Crippen LogP contribution in [0, 0.1) is 16.6 Å². The second kappa shape index (κ2) is 6.46. The Bertz CT molecular complexity index is 511. The van der Waals surface area contributed by atoms with Crippen molar-refractivity contribution in [2.24, 2.45) is 10.8 Å². The number of amides is 2. The number of halogens is 1. The molecule has 1 aromatic carbocycles. The summed E-state index contributed by atoms with van der Waals surface area (Å²) in [7, 11) is 0. The monoisotopic (exact) mass is 308 g/mol. The Morgan fingerprint density at radius 1 is 0.864 bits per heavy atom. The smallest absolute Gasteiger partial charge is 0.227 e. The van der Waals surface area contributed by atoms with E-state index in [9.17, 15) is 14.0 Å². The zero-order valence-corrected chi connectivity index (χ0v) is 14.1. The Morgan fingerprint density at radius 2 is 1.23 bits per heavy atom. The average molecular weight is 308 g/mol. The Hall–Kier alpha value is -1.91. The maximum atomic E-state index is 13.1. The number of benzene rings is 1. The van der Waals surface area contributed by atoms with E-state index >= 15 is 0 Å². The molecule has 0 aliphatic rings. The molecule has 1 rings (SSSR count). The molecule has 1 aromatic rings. The highest BCUT2D eigenvalue weighted by Gasteiger charge is 2.28. The van der Waals surface area contributed by atoms with E-state index in [0.717, 1.165) is 0 Å². The lowest BCUT2D eigenvalue weighted by Gasteiger charge is -2.28. The quantitative estimate of drug-likeness (QED) is 0.843. The Balaban J connectivity index is 3.02. The van der Waals surface area contributed by atoms with E-state index in [1.165, 1.54) is 12.1 Å². The highest BCUT2D eigenvalue weighted by molar-refractivity contribution is 5.84. The lowest BCUT2D eigenvalue weighted by atomic mass is 9.94. The number of rotatable bonds is 3. The molecule has 5 heteroatoms. The summed E-state index contributed by atoms with van der Waals surface area (Å²) < 4.78 is 13.1. The summed E-state index contributed by atoms with van der Waals surface area (Å²) in [6, 6.07) is 5.70. The van der Waals surface area contributed by atoms with Crippen molar-refractivity contribution in [1.82, 2.24) is 10.6 Å². The Kier molecular flexibility index (Phi) is 5.33. The van der Waals surface area contributed by atoms with Crippen LogP contribution in [0.4, 0.5) is 4.39 Å². The summed E-state index contributed by atoms with van der Waals surface area (Å²) in [5, 5.41) is 5.60. The fourth-order valence-corrected chi connectivity index (χ4v) is 1.55. The van der Waals surface area contributed by atoms with Gasteiger partial charge in [-0.15, -0.1) is 0 Å². The van der Waals surface area contributed by atoms with Gasteiger partial charge in [0.25, 0.3) is 0 Å². The van der Waals surface area contributed by atoms with Crippen molar-refractivity contribution in [3.63, 3.8) is 0 Å². The van der Waals surface area contributed by atoms with Gasteiger partial charge in [-0.25, -0.2) is 4.39 Å². The van der Waals surface area contributed by atoms with Crippen molar-refractivity contribution < 1.29 is 14.0 Å². The second-order valence-electron chi connectivity index (χ2n) is 7.43. The molecular formula is C17H25FN2O2. The van der Waals surface area contributed by atoms with E-state index in [-0.39, 0.29) is 17.6 Å². The predicted octanol–water partition coefficient (Wildman–Crippen LogP) is 3.15. The third-order valence-corrected chi connectivity index (χ3v) is 3.12. The van der Waals surface area contributed by atoms with E-state index in [1.807, 2.05) is 0 Å². The van der Waals surface area contributed by atoms with Gasteiger partial charge in [0.05, 0.1) is 0 Å². The van der Waals surface area contributed by atoms with Crippen molar-refractivity contribution in [2.45, 2.75) is 47.7 Å². The minimum Gasteiger partial charge on any atom is -0.332 e. The van der Waals surface area contributed by atoms with E-state index < -0.39 is 17.0 Å². The van der Waals surface area contributed by atoms with Crippen LogP contribution in [0.25, 0.3) is 0 Å².